The number of aliphatic hydroxyl groups excluding tert-OH is 1. The maximum absolute atomic E-state index is 10.8. The van der Waals surface area contributed by atoms with Crippen LogP contribution in [0.2, 0.25) is 10.0 Å². The first kappa shape index (κ1) is 17.8. The molecule has 0 atom stereocenters. The molecule has 0 unspecified atom stereocenters. The van der Waals surface area contributed by atoms with Crippen LogP contribution in [0.1, 0.15) is 24.5 Å². The third-order valence-corrected chi connectivity index (χ3v) is 4.16. The minimum Gasteiger partial charge on any atom is -0.507 e. The Labute approximate surface area is 151 Å². The molecular weight excluding hydrogens is 349 g/mol. The molecule has 0 aliphatic carbocycles. The van der Waals surface area contributed by atoms with Gasteiger partial charge in [0.05, 0.1) is 5.57 Å². The molecule has 0 fully saturated rings. The van der Waals surface area contributed by atoms with Gasteiger partial charge in [0.1, 0.15) is 10.7 Å². The van der Waals surface area contributed by atoms with Gasteiger partial charge in [0.2, 0.25) is 0 Å². The van der Waals surface area contributed by atoms with Gasteiger partial charge in [-0.3, -0.25) is 0 Å². The summed E-state index contributed by atoms with van der Waals surface area (Å²) in [5.74, 6) is 0.0726. The SMILES string of the molecule is CCCNC(=S)/C(=C(\O)c1ccccc1)c1cc(Cl)ccc1Cl. The molecule has 2 N–H and O–H groups in total. The highest BCUT2D eigenvalue weighted by molar-refractivity contribution is 7.81. The van der Waals surface area contributed by atoms with Crippen LogP contribution in [-0.2, 0) is 0 Å². The Morgan fingerprint density at radius 2 is 1.83 bits per heavy atom. The molecule has 23 heavy (non-hydrogen) atoms. The molecule has 120 valence electrons. The summed E-state index contributed by atoms with van der Waals surface area (Å²) in [6, 6.07) is 14.3. The van der Waals surface area contributed by atoms with Gasteiger partial charge >= 0.3 is 0 Å². The molecule has 2 nitrogen and oxygen atoms in total. The highest BCUT2D eigenvalue weighted by Crippen LogP contribution is 2.32. The second-order valence-corrected chi connectivity index (χ2v) is 6.22. The van der Waals surface area contributed by atoms with Crippen LogP contribution >= 0.6 is 35.4 Å². The van der Waals surface area contributed by atoms with Crippen LogP contribution in [0.15, 0.2) is 48.5 Å². The molecule has 0 bridgehead atoms. The largest absolute Gasteiger partial charge is 0.507 e. The molecule has 0 saturated carbocycles. The Bertz CT molecular complexity index is 729. The van der Waals surface area contributed by atoms with E-state index in [0.717, 1.165) is 6.42 Å². The molecular formula is C18H17Cl2NOS. The highest BCUT2D eigenvalue weighted by Gasteiger charge is 2.18. The fourth-order valence-electron chi connectivity index (χ4n) is 2.11. The quantitative estimate of drug-likeness (QED) is 0.306. The van der Waals surface area contributed by atoms with Crippen molar-refractivity contribution in [3.05, 3.63) is 69.7 Å². The summed E-state index contributed by atoms with van der Waals surface area (Å²) in [6.07, 6.45) is 0.919. The monoisotopic (exact) mass is 365 g/mol. The number of benzene rings is 2. The lowest BCUT2D eigenvalue weighted by Crippen LogP contribution is -2.24. The second kappa shape index (κ2) is 8.34. The van der Waals surface area contributed by atoms with Crippen LogP contribution in [0.5, 0.6) is 0 Å². The number of hydrogen-bond acceptors (Lipinski definition) is 2. The van der Waals surface area contributed by atoms with Crippen molar-refractivity contribution in [1.82, 2.24) is 5.32 Å². The van der Waals surface area contributed by atoms with Crippen molar-refractivity contribution in [2.24, 2.45) is 0 Å². The van der Waals surface area contributed by atoms with E-state index in [0.29, 0.717) is 38.3 Å². The van der Waals surface area contributed by atoms with Crippen LogP contribution in [0.25, 0.3) is 11.3 Å². The van der Waals surface area contributed by atoms with Crippen LogP contribution in [0.4, 0.5) is 0 Å². The van der Waals surface area contributed by atoms with E-state index in [2.05, 4.69) is 5.32 Å². The molecule has 5 heteroatoms. The fraction of sp³-hybridized carbons (Fsp3) is 0.167. The first-order valence-electron chi connectivity index (χ1n) is 7.27. The van der Waals surface area contributed by atoms with Crippen LogP contribution in [0, 0.1) is 0 Å². The molecule has 0 saturated heterocycles. The average molecular weight is 366 g/mol. The van der Waals surface area contributed by atoms with Crippen molar-refractivity contribution in [2.45, 2.75) is 13.3 Å². The van der Waals surface area contributed by atoms with Gasteiger partial charge in [-0.1, -0.05) is 72.7 Å². The molecule has 0 heterocycles. The topological polar surface area (TPSA) is 32.3 Å². The van der Waals surface area contributed by atoms with Crippen molar-refractivity contribution >= 4 is 51.7 Å². The lowest BCUT2D eigenvalue weighted by atomic mass is 10.0. The summed E-state index contributed by atoms with van der Waals surface area (Å²) < 4.78 is 0. The van der Waals surface area contributed by atoms with Crippen molar-refractivity contribution in [1.29, 1.82) is 0 Å². The van der Waals surface area contributed by atoms with Gasteiger partial charge in [-0.25, -0.2) is 0 Å². The third-order valence-electron chi connectivity index (χ3n) is 3.24. The molecule has 0 aliphatic heterocycles. The Morgan fingerprint density at radius 3 is 2.48 bits per heavy atom. The normalized spacial score (nSPS) is 11.8. The van der Waals surface area contributed by atoms with Crippen LogP contribution < -0.4 is 5.32 Å². The number of nitrogens with one attached hydrogen (secondary N) is 1. The highest BCUT2D eigenvalue weighted by atomic mass is 35.5. The zero-order valence-corrected chi connectivity index (χ0v) is 15.0. The van der Waals surface area contributed by atoms with Gasteiger partial charge in [-0.2, -0.15) is 0 Å². The van der Waals surface area contributed by atoms with Crippen molar-refractivity contribution in [3.8, 4) is 0 Å². The summed E-state index contributed by atoms with van der Waals surface area (Å²) in [7, 11) is 0. The predicted molar refractivity (Wildman–Crippen MR) is 103 cm³/mol. The Balaban J connectivity index is 2.61. The lowest BCUT2D eigenvalue weighted by Gasteiger charge is -2.16. The van der Waals surface area contributed by atoms with E-state index in [4.69, 9.17) is 35.4 Å². The predicted octanol–water partition coefficient (Wildman–Crippen LogP) is 5.75. The minimum atomic E-state index is 0.0726. The van der Waals surface area contributed by atoms with Gasteiger partial charge in [0, 0.05) is 27.7 Å². The molecule has 0 aromatic heterocycles. The van der Waals surface area contributed by atoms with Crippen LogP contribution in [0.3, 0.4) is 0 Å². The molecule has 0 amide bonds. The van der Waals surface area contributed by atoms with Crippen molar-refractivity contribution < 1.29 is 5.11 Å². The average Bonchev–Trinajstić information content (AvgIpc) is 2.57. The Kier molecular flexibility index (Phi) is 6.46. The maximum Gasteiger partial charge on any atom is 0.133 e. The van der Waals surface area contributed by atoms with Gasteiger partial charge in [0.25, 0.3) is 0 Å². The summed E-state index contributed by atoms with van der Waals surface area (Å²) in [5, 5.41) is 14.9. The van der Waals surface area contributed by atoms with E-state index in [1.54, 1.807) is 18.2 Å². The van der Waals surface area contributed by atoms with Gasteiger partial charge in [-0.05, 0) is 24.6 Å². The standard InChI is InChI=1S/C18H17Cl2NOS/c1-2-10-21-18(23)16(14-11-13(19)8-9-15(14)20)17(22)12-6-4-3-5-7-12/h3-9,11,22H,2,10H2,1H3,(H,21,23)/b17-16-. The summed E-state index contributed by atoms with van der Waals surface area (Å²) in [5.41, 5.74) is 1.75. The summed E-state index contributed by atoms with van der Waals surface area (Å²) in [4.78, 5) is 0.442. The molecule has 0 aliphatic rings. The number of thiocarbonyl (C=S) groups is 1. The second-order valence-electron chi connectivity index (χ2n) is 4.97. The lowest BCUT2D eigenvalue weighted by molar-refractivity contribution is 0.514. The van der Waals surface area contributed by atoms with E-state index < -0.39 is 0 Å². The van der Waals surface area contributed by atoms with E-state index in [1.807, 2.05) is 37.3 Å². The van der Waals surface area contributed by atoms with Crippen molar-refractivity contribution in [3.63, 3.8) is 0 Å². The molecule has 2 aromatic rings. The Hall–Kier alpha value is -1.55. The first-order valence-corrected chi connectivity index (χ1v) is 8.43. The van der Waals surface area contributed by atoms with Gasteiger partial charge < -0.3 is 10.4 Å². The van der Waals surface area contributed by atoms with Gasteiger partial charge in [-0.15, -0.1) is 0 Å². The molecule has 0 spiro atoms. The molecule has 2 aromatic carbocycles. The summed E-state index contributed by atoms with van der Waals surface area (Å²) in [6.45, 7) is 2.75. The van der Waals surface area contributed by atoms with Crippen molar-refractivity contribution in [2.75, 3.05) is 6.54 Å². The Morgan fingerprint density at radius 1 is 1.13 bits per heavy atom. The fourth-order valence-corrected chi connectivity index (χ4v) is 2.81. The number of hydrogen-bond donors (Lipinski definition) is 2. The zero-order valence-electron chi connectivity index (χ0n) is 12.6. The number of rotatable bonds is 5. The maximum atomic E-state index is 10.8. The molecule has 2 rings (SSSR count). The third kappa shape index (κ3) is 4.47. The number of aliphatic hydroxyl groups is 1. The van der Waals surface area contributed by atoms with E-state index >= 15 is 0 Å². The number of halogens is 2. The minimum absolute atomic E-state index is 0.0726. The smallest absolute Gasteiger partial charge is 0.133 e. The van der Waals surface area contributed by atoms with Gasteiger partial charge in [0.15, 0.2) is 0 Å². The van der Waals surface area contributed by atoms with E-state index in [1.165, 1.54) is 0 Å². The summed E-state index contributed by atoms with van der Waals surface area (Å²) >= 11 is 17.9. The van der Waals surface area contributed by atoms with Crippen LogP contribution in [-0.4, -0.2) is 16.6 Å². The molecule has 0 radical (unpaired) electrons. The first-order chi connectivity index (χ1) is 11.0. The zero-order chi connectivity index (χ0) is 16.8. The van der Waals surface area contributed by atoms with E-state index in [9.17, 15) is 5.11 Å². The van der Waals surface area contributed by atoms with E-state index in [-0.39, 0.29) is 5.76 Å².